The third-order valence-electron chi connectivity index (χ3n) is 2.74. The summed E-state index contributed by atoms with van der Waals surface area (Å²) >= 11 is 4.74. The average molecular weight is 503 g/mol. The van der Waals surface area contributed by atoms with Crippen LogP contribution in [0.1, 0.15) is 31.4 Å². The molecule has 0 fully saturated rings. The van der Waals surface area contributed by atoms with E-state index in [0.717, 1.165) is 0 Å². The van der Waals surface area contributed by atoms with Gasteiger partial charge in [0.05, 0.1) is 0 Å². The van der Waals surface area contributed by atoms with E-state index in [1.54, 1.807) is 0 Å². The Kier molecular flexibility index (Phi) is 8.97. The molecule has 0 spiro atoms. The second-order valence-electron chi connectivity index (χ2n) is 4.20. The maximum absolute atomic E-state index is 2.37. The van der Waals surface area contributed by atoms with E-state index in [1.807, 2.05) is 0 Å². The van der Waals surface area contributed by atoms with Crippen LogP contribution in [-0.2, 0) is 22.3 Å². The van der Waals surface area contributed by atoms with Gasteiger partial charge in [0, 0.05) is 0 Å². The first-order valence-corrected chi connectivity index (χ1v) is 15.2. The normalized spacial score (nSPS) is 11.1. The summed E-state index contributed by atoms with van der Waals surface area (Å²) in [7, 11) is 0.628. The van der Waals surface area contributed by atoms with Gasteiger partial charge in [0.1, 0.15) is 0 Å². The van der Waals surface area contributed by atoms with Gasteiger partial charge in [-0.15, -0.1) is 0 Å². The quantitative estimate of drug-likeness (QED) is 0.380. The van der Waals surface area contributed by atoms with Gasteiger partial charge in [0.2, 0.25) is 0 Å². The van der Waals surface area contributed by atoms with Gasteiger partial charge >= 0.3 is 49.4 Å². The number of hydrogen-bond acceptors (Lipinski definition) is 0. The molecule has 0 atom stereocenters. The maximum Gasteiger partial charge on any atom is -0.0120 e. The Morgan fingerprint density at radius 2 is 1.33 bits per heavy atom. The molecule has 0 bridgehead atoms. The maximum atomic E-state index is 2.37. The van der Waals surface area contributed by atoms with E-state index >= 15 is 0 Å². The Balaban J connectivity index is 0.000000234. The first-order valence-electron chi connectivity index (χ1n) is 6.20. The monoisotopic (exact) mass is 503 g/mol. The van der Waals surface area contributed by atoms with Crippen LogP contribution in [0.5, 0.6) is 0 Å². The summed E-state index contributed by atoms with van der Waals surface area (Å²) < 4.78 is 0. The summed E-state index contributed by atoms with van der Waals surface area (Å²) in [5, 5.41) is 2.92. The van der Waals surface area contributed by atoms with Gasteiger partial charge < -0.3 is 0 Å². The van der Waals surface area contributed by atoms with Gasteiger partial charge in [-0.3, -0.25) is 0 Å². The Bertz CT molecular complexity index is 442. The predicted molar refractivity (Wildman–Crippen MR) is 95.4 cm³/mol. The van der Waals surface area contributed by atoms with Gasteiger partial charge in [0.25, 0.3) is 0 Å². The summed E-state index contributed by atoms with van der Waals surface area (Å²) in [6, 6.07) is 13.2. The number of rotatable bonds is 0. The van der Waals surface area contributed by atoms with E-state index in [4.69, 9.17) is 0 Å². The first-order chi connectivity index (χ1) is 8.78. The number of halogens is 2. The van der Waals surface area contributed by atoms with Gasteiger partial charge in [-0.2, -0.15) is 0 Å². The van der Waals surface area contributed by atoms with Crippen LogP contribution in [0.2, 0.25) is 0 Å². The zero-order chi connectivity index (χ0) is 13.4. The van der Waals surface area contributed by atoms with Gasteiger partial charge in [-0.1, -0.05) is 56.7 Å². The Hall–Kier alpha value is 0.744. The van der Waals surface area contributed by atoms with E-state index < -0.39 is 0 Å². The van der Waals surface area contributed by atoms with Crippen molar-refractivity contribution in [2.75, 3.05) is 0 Å². The van der Waals surface area contributed by atoms with Crippen molar-refractivity contribution in [1.29, 1.82) is 0 Å². The smallest absolute Gasteiger partial charge is 0.0120 e. The SMILES string of the molecule is CCC.[I][V][I].c1cc2c3c(cccc3c1)CC2. The molecule has 2 aromatic rings. The first kappa shape index (κ1) is 16.8. The summed E-state index contributed by atoms with van der Waals surface area (Å²) in [5.74, 6) is 0. The van der Waals surface area contributed by atoms with Gasteiger partial charge in [-0.05, 0) is 34.7 Å². The topological polar surface area (TPSA) is 0 Å². The van der Waals surface area contributed by atoms with Crippen molar-refractivity contribution in [3.05, 3.63) is 47.5 Å². The Morgan fingerprint density at radius 1 is 0.944 bits per heavy atom. The number of benzene rings is 2. The third kappa shape index (κ3) is 4.69. The molecule has 0 amide bonds. The average Bonchev–Trinajstić information content (AvgIpc) is 2.78. The zero-order valence-corrected chi connectivity index (χ0v) is 16.5. The summed E-state index contributed by atoms with van der Waals surface area (Å²) in [5.41, 5.74) is 3.06. The number of hydrogen-bond donors (Lipinski definition) is 0. The summed E-state index contributed by atoms with van der Waals surface area (Å²) in [6.07, 6.45) is 3.72. The fourth-order valence-electron chi connectivity index (χ4n) is 2.19. The molecule has 0 saturated carbocycles. The molecule has 1 aliphatic carbocycles. The summed E-state index contributed by atoms with van der Waals surface area (Å²) in [6.45, 7) is 4.25. The van der Waals surface area contributed by atoms with E-state index in [2.05, 4.69) is 90.2 Å². The fraction of sp³-hybridized carbons (Fsp3) is 0.333. The molecule has 0 radical (unpaired) electrons. The minimum atomic E-state index is 0.628. The largest absolute Gasteiger partial charge is 0.0614 e. The van der Waals surface area contributed by atoms with E-state index in [0.29, 0.717) is 9.47 Å². The van der Waals surface area contributed by atoms with E-state index in [1.165, 1.54) is 41.2 Å². The number of aryl methyl sites for hydroxylation is 2. The molecule has 0 N–H and O–H groups in total. The minimum absolute atomic E-state index is 0.628. The molecular formula is C15H18I2V. The molecule has 0 unspecified atom stereocenters. The van der Waals surface area contributed by atoms with E-state index in [9.17, 15) is 0 Å². The standard InChI is InChI=1S/C12H10.C3H8.2HI.V/c1-3-9-4-2-6-11-8-7-10(5-1)12(9)11;1-3-2;;;/h1-6H,7-8H2;3H2,1-2H3;2*1H;/q;;;;+2/p-2. The fourth-order valence-corrected chi connectivity index (χ4v) is 2.19. The molecule has 1 aliphatic rings. The Morgan fingerprint density at radius 3 is 1.72 bits per heavy atom. The summed E-state index contributed by atoms with van der Waals surface area (Å²) in [4.78, 5) is 0. The second-order valence-corrected chi connectivity index (χ2v) is 16.0. The zero-order valence-electron chi connectivity index (χ0n) is 10.8. The van der Waals surface area contributed by atoms with Crippen molar-refractivity contribution in [2.45, 2.75) is 33.1 Å². The molecule has 0 heterocycles. The van der Waals surface area contributed by atoms with Crippen LogP contribution in [0.4, 0.5) is 0 Å². The predicted octanol–water partition coefficient (Wildman–Crippen LogP) is 6.12. The molecule has 0 aromatic heterocycles. The van der Waals surface area contributed by atoms with Crippen molar-refractivity contribution in [2.24, 2.45) is 0 Å². The molecule has 3 heteroatoms. The van der Waals surface area contributed by atoms with Crippen molar-refractivity contribution in [1.82, 2.24) is 0 Å². The van der Waals surface area contributed by atoms with Crippen LogP contribution in [0, 0.1) is 0 Å². The third-order valence-corrected chi connectivity index (χ3v) is 2.74. The van der Waals surface area contributed by atoms with Crippen molar-refractivity contribution in [3.8, 4) is 0 Å². The molecule has 3 rings (SSSR count). The van der Waals surface area contributed by atoms with Crippen LogP contribution in [0.15, 0.2) is 36.4 Å². The van der Waals surface area contributed by atoms with Crippen LogP contribution >= 0.6 is 40.0 Å². The van der Waals surface area contributed by atoms with Crippen molar-refractivity contribution in [3.63, 3.8) is 0 Å². The molecule has 0 aliphatic heterocycles. The van der Waals surface area contributed by atoms with Gasteiger partial charge in [0.15, 0.2) is 0 Å². The molecule has 2 aromatic carbocycles. The Labute approximate surface area is 139 Å². The van der Waals surface area contributed by atoms with Crippen LogP contribution < -0.4 is 0 Å². The molecule has 97 valence electrons. The minimum Gasteiger partial charge on any atom is -0.0614 e. The van der Waals surface area contributed by atoms with Crippen LogP contribution in [0.3, 0.4) is 0 Å². The van der Waals surface area contributed by atoms with Gasteiger partial charge in [-0.25, -0.2) is 0 Å². The molecule has 0 nitrogen and oxygen atoms in total. The molecule has 18 heavy (non-hydrogen) atoms. The van der Waals surface area contributed by atoms with Crippen molar-refractivity contribution >= 4 is 50.7 Å². The van der Waals surface area contributed by atoms with Crippen molar-refractivity contribution < 1.29 is 9.47 Å². The van der Waals surface area contributed by atoms with Crippen LogP contribution in [0.25, 0.3) is 10.8 Å². The van der Waals surface area contributed by atoms with E-state index in [-0.39, 0.29) is 0 Å². The molecular weight excluding hydrogens is 485 g/mol. The van der Waals surface area contributed by atoms with Crippen LogP contribution in [-0.4, -0.2) is 0 Å². The second kappa shape index (κ2) is 9.62. The molecule has 0 saturated heterocycles.